The van der Waals surface area contributed by atoms with Crippen molar-refractivity contribution in [2.75, 3.05) is 57.4 Å². The molecule has 2 amide bonds. The second-order valence-corrected chi connectivity index (χ2v) is 14.6. The van der Waals surface area contributed by atoms with E-state index in [4.69, 9.17) is 4.74 Å². The molecule has 0 bridgehead atoms. The first-order valence-electron chi connectivity index (χ1n) is 17.6. The van der Waals surface area contributed by atoms with Gasteiger partial charge in [0.1, 0.15) is 0 Å². The Morgan fingerprint density at radius 1 is 1.00 bits per heavy atom. The maximum Gasteiger partial charge on any atom is 0.251 e. The Kier molecular flexibility index (Phi) is 11.2. The molecule has 0 saturated carbocycles. The summed E-state index contributed by atoms with van der Waals surface area (Å²) in [5, 5.41) is 6.51. The van der Waals surface area contributed by atoms with Crippen molar-refractivity contribution in [3.63, 3.8) is 0 Å². The number of rotatable bonds is 9. The number of morpholine rings is 1. The van der Waals surface area contributed by atoms with Crippen LogP contribution in [0.3, 0.4) is 0 Å². The van der Waals surface area contributed by atoms with Crippen molar-refractivity contribution in [3.05, 3.63) is 88.3 Å². The summed E-state index contributed by atoms with van der Waals surface area (Å²) < 4.78 is 5.53. The fraction of sp³-hybridized carbons (Fsp3) is 0.500. The van der Waals surface area contributed by atoms with E-state index in [1.54, 1.807) is 0 Å². The van der Waals surface area contributed by atoms with Gasteiger partial charge in [0.25, 0.3) is 5.91 Å². The minimum Gasteiger partial charge on any atom is -0.379 e. The minimum absolute atomic E-state index is 0.0967. The van der Waals surface area contributed by atoms with Gasteiger partial charge >= 0.3 is 0 Å². The van der Waals surface area contributed by atoms with E-state index < -0.39 is 0 Å². The van der Waals surface area contributed by atoms with Gasteiger partial charge in [-0.05, 0) is 92.1 Å². The Morgan fingerprint density at radius 2 is 1.67 bits per heavy atom. The van der Waals surface area contributed by atoms with Crippen LogP contribution >= 0.6 is 0 Å². The number of likely N-dealkylation sites (tertiary alicyclic amines) is 1. The van der Waals surface area contributed by atoms with Gasteiger partial charge in [-0.1, -0.05) is 51.6 Å². The number of amides is 2. The zero-order valence-electron chi connectivity index (χ0n) is 30.2. The number of hydrogen-bond donors (Lipinski definition) is 2. The normalized spacial score (nSPS) is 18.0. The van der Waals surface area contributed by atoms with Gasteiger partial charge in [-0.15, -0.1) is 0 Å². The molecule has 0 aromatic heterocycles. The number of carbonyl (C=O) groups is 2. The number of nitrogens with zero attached hydrogens (tertiary/aromatic N) is 3. The van der Waals surface area contributed by atoms with Gasteiger partial charge in [0.15, 0.2) is 0 Å². The topological polar surface area (TPSA) is 77.2 Å². The molecule has 8 heteroatoms. The summed E-state index contributed by atoms with van der Waals surface area (Å²) in [5.74, 6) is 0.116. The highest BCUT2D eigenvalue weighted by Crippen LogP contribution is 2.35. The molecule has 2 N–H and O–H groups in total. The van der Waals surface area contributed by atoms with Crippen LogP contribution in [0, 0.1) is 12.3 Å². The molecule has 2 fully saturated rings. The average molecular weight is 654 g/mol. The molecule has 0 aliphatic carbocycles. The summed E-state index contributed by atoms with van der Waals surface area (Å²) in [7, 11) is 0. The third kappa shape index (κ3) is 8.21. The van der Waals surface area contributed by atoms with E-state index in [1.807, 2.05) is 38.7 Å². The van der Waals surface area contributed by atoms with Crippen molar-refractivity contribution in [1.82, 2.24) is 20.4 Å². The lowest BCUT2D eigenvalue weighted by Crippen LogP contribution is -2.49. The van der Waals surface area contributed by atoms with Crippen molar-refractivity contribution < 1.29 is 14.3 Å². The molecule has 258 valence electrons. The number of dihydropyridines is 1. The summed E-state index contributed by atoms with van der Waals surface area (Å²) in [5.41, 5.74) is 9.70. The maximum atomic E-state index is 14.0. The molecule has 3 aliphatic rings. The number of hydrogen-bond acceptors (Lipinski definition) is 6. The van der Waals surface area contributed by atoms with Crippen LogP contribution in [-0.4, -0.2) is 80.1 Å². The molecule has 2 aromatic rings. The second-order valence-electron chi connectivity index (χ2n) is 14.6. The first-order chi connectivity index (χ1) is 22.8. The van der Waals surface area contributed by atoms with Crippen molar-refractivity contribution in [1.29, 1.82) is 0 Å². The second kappa shape index (κ2) is 15.1. The molecule has 48 heavy (non-hydrogen) atoms. The minimum atomic E-state index is -0.383. The van der Waals surface area contributed by atoms with Gasteiger partial charge in [0, 0.05) is 79.9 Å². The van der Waals surface area contributed by atoms with Gasteiger partial charge in [-0.3, -0.25) is 14.5 Å². The summed E-state index contributed by atoms with van der Waals surface area (Å²) in [6.07, 6.45) is 3.88. The molecule has 2 saturated heterocycles. The number of anilines is 1. The lowest BCUT2D eigenvalue weighted by molar-refractivity contribution is -0.140. The molecular formula is C40H55N5O3. The molecule has 2 aromatic carbocycles. The van der Waals surface area contributed by atoms with Crippen LogP contribution in [0.15, 0.2) is 71.6 Å². The van der Waals surface area contributed by atoms with E-state index >= 15 is 0 Å². The summed E-state index contributed by atoms with van der Waals surface area (Å²) in [6.45, 7) is 25.6. The van der Waals surface area contributed by atoms with Crippen LogP contribution in [0.1, 0.15) is 75.9 Å². The highest BCUT2D eigenvalue weighted by Gasteiger charge is 2.33. The highest BCUT2D eigenvalue weighted by molar-refractivity contribution is 5.99. The molecule has 3 heterocycles. The fourth-order valence-electron chi connectivity index (χ4n) is 7.21. The molecule has 0 spiro atoms. The van der Waals surface area contributed by atoms with Crippen LogP contribution < -0.4 is 15.5 Å². The first-order valence-corrected chi connectivity index (χ1v) is 17.6. The lowest BCUT2D eigenvalue weighted by Gasteiger charge is -2.41. The maximum absolute atomic E-state index is 14.0. The number of carbonyl (C=O) groups excluding carboxylic acids is 2. The Balaban J connectivity index is 1.44. The zero-order chi connectivity index (χ0) is 34.6. The van der Waals surface area contributed by atoms with Crippen LogP contribution in [-0.2, 0) is 16.1 Å². The van der Waals surface area contributed by atoms with E-state index in [0.717, 1.165) is 110 Å². The van der Waals surface area contributed by atoms with Crippen molar-refractivity contribution in [2.24, 2.45) is 5.41 Å². The number of ether oxygens (including phenoxy) is 1. The molecule has 8 nitrogen and oxygen atoms in total. The Bertz CT molecular complexity index is 1570. The summed E-state index contributed by atoms with van der Waals surface area (Å²) >= 11 is 0. The van der Waals surface area contributed by atoms with E-state index in [2.05, 4.69) is 84.2 Å². The lowest BCUT2D eigenvalue weighted by atomic mass is 9.92. The SMILES string of the molecule is C=C1NC(C)=CC(C)=C1CNC(=O)c1cc(-c2ccc(CN3CCOCC3)cc2)cc(N(CC)C2CCN(C(=O)C(C)(C)C)CC2)c1C. The van der Waals surface area contributed by atoms with Gasteiger partial charge in [-0.2, -0.15) is 0 Å². The number of nitrogens with one attached hydrogen (secondary N) is 2. The van der Waals surface area contributed by atoms with Crippen LogP contribution in [0.5, 0.6) is 0 Å². The monoisotopic (exact) mass is 653 g/mol. The third-order valence-electron chi connectivity index (χ3n) is 9.95. The standard InChI is InChI=1S/C40H55N5O3/c1-9-45(34-14-16-44(17-15-34)39(47)40(6,7)8)37-24-33(32-12-10-31(11-13-32)26-43-18-20-48-21-19-43)23-35(29(37)4)38(46)41-25-36-27(2)22-28(3)42-30(36)5/h10-13,22-24,34,42H,5,9,14-21,25-26H2,1-4,6-8H3,(H,41,46). The predicted octanol–water partition coefficient (Wildman–Crippen LogP) is 6.42. The summed E-state index contributed by atoms with van der Waals surface area (Å²) in [6, 6.07) is 13.3. The van der Waals surface area contributed by atoms with Gasteiger partial charge < -0.3 is 25.2 Å². The molecular weight excluding hydrogens is 598 g/mol. The predicted molar refractivity (Wildman–Crippen MR) is 196 cm³/mol. The van der Waals surface area contributed by atoms with E-state index in [9.17, 15) is 9.59 Å². The quantitative estimate of drug-likeness (QED) is 0.325. The molecule has 5 rings (SSSR count). The first kappa shape index (κ1) is 35.4. The number of allylic oxidation sites excluding steroid dienone is 3. The Morgan fingerprint density at radius 3 is 2.27 bits per heavy atom. The van der Waals surface area contributed by atoms with E-state index in [0.29, 0.717) is 12.1 Å². The summed E-state index contributed by atoms with van der Waals surface area (Å²) in [4.78, 5) is 33.9. The van der Waals surface area contributed by atoms with Gasteiger partial charge in [0.2, 0.25) is 5.91 Å². The molecule has 0 radical (unpaired) electrons. The van der Waals surface area contributed by atoms with Gasteiger partial charge in [-0.25, -0.2) is 0 Å². The smallest absolute Gasteiger partial charge is 0.251 e. The van der Waals surface area contributed by atoms with Crippen LogP contribution in [0.4, 0.5) is 5.69 Å². The highest BCUT2D eigenvalue weighted by atomic mass is 16.5. The number of benzene rings is 2. The van der Waals surface area contributed by atoms with E-state index in [1.165, 1.54) is 5.56 Å². The average Bonchev–Trinajstić information content (AvgIpc) is 3.05. The Hall–Kier alpha value is -3.88. The van der Waals surface area contributed by atoms with Crippen molar-refractivity contribution >= 4 is 17.5 Å². The third-order valence-corrected chi connectivity index (χ3v) is 9.95. The van der Waals surface area contributed by atoms with Crippen LogP contribution in [0.25, 0.3) is 11.1 Å². The van der Waals surface area contributed by atoms with E-state index in [-0.39, 0.29) is 23.3 Å². The zero-order valence-corrected chi connectivity index (χ0v) is 30.2. The number of piperidine rings is 1. The Labute approximate surface area is 287 Å². The molecule has 0 atom stereocenters. The van der Waals surface area contributed by atoms with Crippen LogP contribution in [0.2, 0.25) is 0 Å². The fourth-order valence-corrected chi connectivity index (χ4v) is 7.21. The van der Waals surface area contributed by atoms with Crippen molar-refractivity contribution in [3.8, 4) is 11.1 Å². The molecule has 3 aliphatic heterocycles. The van der Waals surface area contributed by atoms with Gasteiger partial charge in [0.05, 0.1) is 13.2 Å². The largest absolute Gasteiger partial charge is 0.379 e. The van der Waals surface area contributed by atoms with Crippen molar-refractivity contribution in [2.45, 2.75) is 73.9 Å². The molecule has 0 unspecified atom stereocenters.